The molecule has 1 aromatic carbocycles. The lowest BCUT2D eigenvalue weighted by Crippen LogP contribution is -2.43. The lowest BCUT2D eigenvalue weighted by atomic mass is 10.1. The zero-order valence-electron chi connectivity index (χ0n) is 14.5. The van der Waals surface area contributed by atoms with Gasteiger partial charge in [-0.1, -0.05) is 34.8 Å². The molecule has 1 fully saturated rings. The van der Waals surface area contributed by atoms with Crippen molar-refractivity contribution in [3.8, 4) is 0 Å². The number of piperidine rings is 1. The van der Waals surface area contributed by atoms with Crippen LogP contribution in [0.5, 0.6) is 0 Å². The van der Waals surface area contributed by atoms with Crippen LogP contribution in [0.1, 0.15) is 33.7 Å². The maximum Gasteiger partial charge on any atom is 0.271 e. The number of hydrogen-bond acceptors (Lipinski definition) is 4. The minimum absolute atomic E-state index is 0.0358. The molecule has 10 heteroatoms. The minimum Gasteiger partial charge on any atom is -0.348 e. The van der Waals surface area contributed by atoms with Crippen LogP contribution in [0.25, 0.3) is 0 Å². The van der Waals surface area contributed by atoms with Crippen molar-refractivity contribution in [3.63, 3.8) is 0 Å². The van der Waals surface area contributed by atoms with Crippen molar-refractivity contribution in [3.05, 3.63) is 44.7 Å². The largest absolute Gasteiger partial charge is 0.348 e. The average Bonchev–Trinajstić information content (AvgIpc) is 3.09. The molecule has 144 valence electrons. The van der Waals surface area contributed by atoms with Crippen molar-refractivity contribution >= 4 is 52.3 Å². The Bertz CT molecular complexity index is 862. The van der Waals surface area contributed by atoms with Crippen LogP contribution in [-0.4, -0.2) is 53.1 Å². The molecular formula is C17H18Cl3N5O2. The van der Waals surface area contributed by atoms with Gasteiger partial charge in [0.25, 0.3) is 11.8 Å². The van der Waals surface area contributed by atoms with Gasteiger partial charge >= 0.3 is 0 Å². The fourth-order valence-corrected chi connectivity index (χ4v) is 3.58. The fraction of sp³-hybridized carbons (Fsp3) is 0.353. The van der Waals surface area contributed by atoms with Crippen LogP contribution in [-0.2, 0) is 0 Å². The van der Waals surface area contributed by atoms with Crippen LogP contribution in [0.2, 0.25) is 15.1 Å². The maximum atomic E-state index is 12.6. The second-order valence-electron chi connectivity index (χ2n) is 6.38. The molecule has 0 radical (unpaired) electrons. The number of H-pyrrole nitrogens is 1. The van der Waals surface area contributed by atoms with E-state index in [4.69, 9.17) is 34.8 Å². The third-order valence-electron chi connectivity index (χ3n) is 4.44. The summed E-state index contributed by atoms with van der Waals surface area (Å²) >= 11 is 18.1. The van der Waals surface area contributed by atoms with E-state index in [1.165, 1.54) is 18.3 Å². The minimum atomic E-state index is -0.581. The molecule has 0 atom stereocenters. The number of aromatic amines is 1. The smallest absolute Gasteiger partial charge is 0.271 e. The van der Waals surface area contributed by atoms with E-state index in [9.17, 15) is 9.59 Å². The van der Waals surface area contributed by atoms with Gasteiger partial charge in [-0.2, -0.15) is 5.10 Å². The number of anilines is 1. The average molecular weight is 431 g/mol. The monoisotopic (exact) mass is 429 g/mol. The van der Waals surface area contributed by atoms with Gasteiger partial charge in [0, 0.05) is 6.04 Å². The van der Waals surface area contributed by atoms with Crippen LogP contribution in [0.3, 0.4) is 0 Å². The predicted octanol–water partition coefficient (Wildman–Crippen LogP) is 3.45. The molecule has 27 heavy (non-hydrogen) atoms. The van der Waals surface area contributed by atoms with E-state index < -0.39 is 5.91 Å². The number of rotatable bonds is 4. The molecular weight excluding hydrogens is 413 g/mol. The van der Waals surface area contributed by atoms with Gasteiger partial charge in [-0.25, -0.2) is 0 Å². The van der Waals surface area contributed by atoms with Crippen molar-refractivity contribution in [1.82, 2.24) is 20.4 Å². The molecule has 1 aromatic heterocycles. The first-order chi connectivity index (χ1) is 12.9. The Morgan fingerprint density at radius 2 is 1.81 bits per heavy atom. The molecule has 2 amide bonds. The van der Waals surface area contributed by atoms with Crippen molar-refractivity contribution in [2.75, 3.05) is 25.5 Å². The number of amides is 2. The summed E-state index contributed by atoms with van der Waals surface area (Å²) in [5.41, 5.74) is 0.433. The first-order valence-corrected chi connectivity index (χ1v) is 9.48. The second kappa shape index (κ2) is 8.48. The lowest BCUT2D eigenvalue weighted by Gasteiger charge is -2.29. The normalized spacial score (nSPS) is 15.6. The van der Waals surface area contributed by atoms with Crippen molar-refractivity contribution in [2.45, 2.75) is 18.9 Å². The Morgan fingerprint density at radius 1 is 1.15 bits per heavy atom. The predicted molar refractivity (Wildman–Crippen MR) is 106 cm³/mol. The van der Waals surface area contributed by atoms with Gasteiger partial charge in [0.15, 0.2) is 0 Å². The van der Waals surface area contributed by atoms with Gasteiger partial charge in [0.2, 0.25) is 0 Å². The summed E-state index contributed by atoms with van der Waals surface area (Å²) in [5.74, 6) is -0.914. The summed E-state index contributed by atoms with van der Waals surface area (Å²) < 4.78 is 0. The number of likely N-dealkylation sites (tertiary alicyclic amines) is 1. The summed E-state index contributed by atoms with van der Waals surface area (Å²) in [6, 6.07) is 3.06. The highest BCUT2D eigenvalue weighted by molar-refractivity contribution is 6.46. The number of carbonyl (C=O) groups is 2. The first kappa shape index (κ1) is 19.9. The van der Waals surface area contributed by atoms with Crippen LogP contribution in [0.15, 0.2) is 18.3 Å². The van der Waals surface area contributed by atoms with Crippen LogP contribution in [0.4, 0.5) is 5.69 Å². The summed E-state index contributed by atoms with van der Waals surface area (Å²) in [7, 11) is 2.05. The van der Waals surface area contributed by atoms with Gasteiger partial charge in [0.05, 0.1) is 32.5 Å². The molecule has 0 saturated carbocycles. The molecule has 0 bridgehead atoms. The van der Waals surface area contributed by atoms with Crippen molar-refractivity contribution < 1.29 is 9.59 Å². The number of nitrogens with one attached hydrogen (secondary N) is 3. The molecule has 0 aliphatic carbocycles. The van der Waals surface area contributed by atoms with E-state index in [-0.39, 0.29) is 44.0 Å². The molecule has 0 spiro atoms. The molecule has 1 aliphatic rings. The first-order valence-electron chi connectivity index (χ1n) is 8.34. The highest BCUT2D eigenvalue weighted by Gasteiger charge is 2.24. The second-order valence-corrected chi connectivity index (χ2v) is 7.57. The Kier molecular flexibility index (Phi) is 6.26. The lowest BCUT2D eigenvalue weighted by molar-refractivity contribution is 0.0912. The SMILES string of the molecule is CN1CCC(NC(=O)c2[nH]ncc2NC(=O)c2c(Cl)ccc(Cl)c2Cl)CC1. The van der Waals surface area contributed by atoms with Crippen LogP contribution >= 0.6 is 34.8 Å². The van der Waals surface area contributed by atoms with E-state index >= 15 is 0 Å². The van der Waals surface area contributed by atoms with Gasteiger partial charge < -0.3 is 15.5 Å². The summed E-state index contributed by atoms with van der Waals surface area (Å²) in [6.07, 6.45) is 3.09. The standard InChI is InChI=1S/C17H18Cl3N5O2/c1-25-6-4-9(5-7-25)22-17(27)15-12(8-21-24-15)23-16(26)13-10(18)2-3-11(19)14(13)20/h2-3,8-9H,4-7H2,1H3,(H,21,24)(H,22,27)(H,23,26). The van der Waals surface area contributed by atoms with Crippen molar-refractivity contribution in [1.29, 1.82) is 0 Å². The van der Waals surface area contributed by atoms with E-state index in [1.54, 1.807) is 0 Å². The third kappa shape index (κ3) is 4.55. The number of benzene rings is 1. The van der Waals surface area contributed by atoms with E-state index in [2.05, 4.69) is 25.7 Å². The highest BCUT2D eigenvalue weighted by Crippen LogP contribution is 2.32. The Balaban J connectivity index is 1.73. The number of hydrogen-bond donors (Lipinski definition) is 3. The molecule has 3 N–H and O–H groups in total. The Hall–Kier alpha value is -1.80. The summed E-state index contributed by atoms with van der Waals surface area (Å²) in [6.45, 7) is 1.84. The molecule has 3 rings (SSSR count). The van der Waals surface area contributed by atoms with Gasteiger partial charge in [-0.15, -0.1) is 0 Å². The number of halogens is 3. The number of aromatic nitrogens is 2. The third-order valence-corrected chi connectivity index (χ3v) is 5.56. The summed E-state index contributed by atoms with van der Waals surface area (Å²) in [4.78, 5) is 27.4. The fourth-order valence-electron chi connectivity index (χ4n) is 2.88. The molecule has 2 aromatic rings. The zero-order chi connectivity index (χ0) is 19.6. The molecule has 7 nitrogen and oxygen atoms in total. The Labute approximate surface area is 171 Å². The molecule has 1 aliphatic heterocycles. The summed E-state index contributed by atoms with van der Waals surface area (Å²) in [5, 5.41) is 12.5. The number of carbonyl (C=O) groups excluding carboxylic acids is 2. The topological polar surface area (TPSA) is 90.1 Å². The van der Waals surface area contributed by atoms with Crippen molar-refractivity contribution in [2.24, 2.45) is 0 Å². The maximum absolute atomic E-state index is 12.6. The van der Waals surface area contributed by atoms with Gasteiger partial charge in [-0.05, 0) is 45.1 Å². The van der Waals surface area contributed by atoms with Gasteiger partial charge in [-0.3, -0.25) is 14.7 Å². The molecule has 0 unspecified atom stereocenters. The Morgan fingerprint density at radius 3 is 2.52 bits per heavy atom. The zero-order valence-corrected chi connectivity index (χ0v) is 16.8. The molecule has 1 saturated heterocycles. The highest BCUT2D eigenvalue weighted by atomic mass is 35.5. The quantitative estimate of drug-likeness (QED) is 0.648. The van der Waals surface area contributed by atoms with E-state index in [0.29, 0.717) is 0 Å². The van der Waals surface area contributed by atoms with E-state index in [0.717, 1.165) is 25.9 Å². The van der Waals surface area contributed by atoms with Crippen LogP contribution in [0, 0.1) is 0 Å². The van der Waals surface area contributed by atoms with Crippen LogP contribution < -0.4 is 10.6 Å². The molecule has 2 heterocycles. The van der Waals surface area contributed by atoms with E-state index in [1.807, 2.05) is 7.05 Å². The number of nitrogens with zero attached hydrogens (tertiary/aromatic N) is 2. The van der Waals surface area contributed by atoms with Gasteiger partial charge in [0.1, 0.15) is 5.69 Å².